The zero-order valence-electron chi connectivity index (χ0n) is 16.1. The lowest BCUT2D eigenvalue weighted by Gasteiger charge is -2.19. The number of ether oxygens (including phenoxy) is 1. The van der Waals surface area contributed by atoms with Gasteiger partial charge in [0.25, 0.3) is 0 Å². The number of allylic oxidation sites excluding steroid dienone is 1. The molecule has 0 N–H and O–H groups in total. The van der Waals surface area contributed by atoms with E-state index in [4.69, 9.17) is 27.9 Å². The lowest BCUT2D eigenvalue weighted by molar-refractivity contribution is 0.243. The van der Waals surface area contributed by atoms with E-state index >= 15 is 0 Å². The first-order valence-corrected chi connectivity index (χ1v) is 10.0. The van der Waals surface area contributed by atoms with Crippen molar-refractivity contribution in [1.82, 2.24) is 0 Å². The Morgan fingerprint density at radius 1 is 1.07 bits per heavy atom. The zero-order chi connectivity index (χ0) is 19.4. The molecule has 1 aliphatic rings. The van der Waals surface area contributed by atoms with Crippen LogP contribution in [0.1, 0.15) is 43.9 Å². The van der Waals surface area contributed by atoms with Gasteiger partial charge in [0.15, 0.2) is 0 Å². The van der Waals surface area contributed by atoms with Gasteiger partial charge >= 0.3 is 0 Å². The van der Waals surface area contributed by atoms with E-state index in [0.29, 0.717) is 10.0 Å². The van der Waals surface area contributed by atoms with Gasteiger partial charge in [-0.25, -0.2) is 0 Å². The van der Waals surface area contributed by atoms with Gasteiger partial charge in [0, 0.05) is 22.2 Å². The lowest BCUT2D eigenvalue weighted by atomic mass is 9.93. The Bertz CT molecular complexity index is 878. The van der Waals surface area contributed by atoms with E-state index in [0.717, 1.165) is 48.6 Å². The van der Waals surface area contributed by atoms with E-state index in [2.05, 4.69) is 37.9 Å². The van der Waals surface area contributed by atoms with Crippen molar-refractivity contribution >= 4 is 35.0 Å². The second-order valence-corrected chi connectivity index (χ2v) is 8.84. The van der Waals surface area contributed by atoms with Crippen molar-refractivity contribution in [2.24, 2.45) is 10.4 Å². The summed E-state index contributed by atoms with van der Waals surface area (Å²) in [6, 6.07) is 11.8. The zero-order valence-corrected chi connectivity index (χ0v) is 17.6. The molecular formula is C23H25Cl2NO. The quantitative estimate of drug-likeness (QED) is 0.535. The van der Waals surface area contributed by atoms with Crippen molar-refractivity contribution < 1.29 is 4.74 Å². The Balaban J connectivity index is 1.73. The smallest absolute Gasteiger partial charge is 0.119 e. The Kier molecular flexibility index (Phi) is 6.29. The highest BCUT2D eigenvalue weighted by Gasteiger charge is 2.14. The number of nitrogens with zero attached hydrogens (tertiary/aromatic N) is 1. The van der Waals surface area contributed by atoms with Crippen LogP contribution < -0.4 is 4.74 Å². The molecule has 0 fully saturated rings. The summed E-state index contributed by atoms with van der Waals surface area (Å²) in [5.74, 6) is 0.934. The summed E-state index contributed by atoms with van der Waals surface area (Å²) in [6.45, 7) is 8.20. The minimum Gasteiger partial charge on any atom is -0.494 e. The van der Waals surface area contributed by atoms with Crippen LogP contribution in [0.4, 0.5) is 0 Å². The van der Waals surface area contributed by atoms with Crippen molar-refractivity contribution in [2.75, 3.05) is 13.2 Å². The molecule has 0 bridgehead atoms. The number of rotatable bonds is 5. The third-order valence-electron chi connectivity index (χ3n) is 4.52. The Hall–Kier alpha value is -1.77. The minimum atomic E-state index is 0.280. The molecule has 2 aromatic carbocycles. The van der Waals surface area contributed by atoms with Crippen LogP contribution in [-0.2, 0) is 6.42 Å². The molecule has 0 unspecified atom stereocenters. The number of hydrogen-bond acceptors (Lipinski definition) is 2. The Morgan fingerprint density at radius 2 is 1.89 bits per heavy atom. The fourth-order valence-electron chi connectivity index (χ4n) is 2.92. The number of aliphatic imine (C=N–C) groups is 1. The van der Waals surface area contributed by atoms with Gasteiger partial charge in [-0.2, -0.15) is 0 Å². The number of benzene rings is 2. The van der Waals surface area contributed by atoms with Crippen molar-refractivity contribution in [3.8, 4) is 5.75 Å². The molecule has 2 nitrogen and oxygen atoms in total. The molecule has 0 saturated carbocycles. The first-order chi connectivity index (χ1) is 12.8. The average Bonchev–Trinajstić information content (AvgIpc) is 2.59. The number of fused-ring (bicyclic) bond motifs is 1. The van der Waals surface area contributed by atoms with E-state index in [-0.39, 0.29) is 5.41 Å². The van der Waals surface area contributed by atoms with E-state index in [1.165, 1.54) is 5.56 Å². The van der Waals surface area contributed by atoms with Crippen LogP contribution in [0.15, 0.2) is 47.5 Å². The summed E-state index contributed by atoms with van der Waals surface area (Å²) in [4.78, 5) is 4.68. The first kappa shape index (κ1) is 20.0. The molecule has 0 radical (unpaired) electrons. The molecule has 4 heteroatoms. The highest BCUT2D eigenvalue weighted by molar-refractivity contribution is 6.35. The van der Waals surface area contributed by atoms with Crippen LogP contribution in [0.3, 0.4) is 0 Å². The van der Waals surface area contributed by atoms with Gasteiger partial charge < -0.3 is 4.74 Å². The summed E-state index contributed by atoms with van der Waals surface area (Å²) in [7, 11) is 0. The van der Waals surface area contributed by atoms with E-state index in [1.807, 2.05) is 30.4 Å². The van der Waals surface area contributed by atoms with Gasteiger partial charge in [0.2, 0.25) is 0 Å². The molecule has 27 heavy (non-hydrogen) atoms. The molecule has 0 atom stereocenters. The van der Waals surface area contributed by atoms with Crippen LogP contribution in [0.2, 0.25) is 10.0 Å². The molecule has 0 amide bonds. The number of hydrogen-bond donors (Lipinski definition) is 0. The largest absolute Gasteiger partial charge is 0.494 e. The third kappa shape index (κ3) is 5.60. The second kappa shape index (κ2) is 8.50. The normalized spacial score (nSPS) is 14.2. The molecule has 0 spiro atoms. The molecule has 142 valence electrons. The maximum absolute atomic E-state index is 6.26. The van der Waals surface area contributed by atoms with Gasteiger partial charge in [0.1, 0.15) is 5.75 Å². The second-order valence-electron chi connectivity index (χ2n) is 7.99. The van der Waals surface area contributed by atoms with Crippen molar-refractivity contribution in [2.45, 2.75) is 33.6 Å². The van der Waals surface area contributed by atoms with Crippen LogP contribution in [0.25, 0.3) is 6.08 Å². The van der Waals surface area contributed by atoms with Gasteiger partial charge in [-0.05, 0) is 65.8 Å². The summed E-state index contributed by atoms with van der Waals surface area (Å²) < 4.78 is 5.95. The lowest BCUT2D eigenvalue weighted by Crippen LogP contribution is -2.13. The molecule has 1 aliphatic heterocycles. The predicted molar refractivity (Wildman–Crippen MR) is 117 cm³/mol. The summed E-state index contributed by atoms with van der Waals surface area (Å²) in [5, 5.41) is 1.27. The highest BCUT2D eigenvalue weighted by atomic mass is 35.5. The summed E-state index contributed by atoms with van der Waals surface area (Å²) in [6.07, 6.45) is 5.97. The molecule has 3 rings (SSSR count). The molecule has 1 heterocycles. The van der Waals surface area contributed by atoms with Crippen LogP contribution in [-0.4, -0.2) is 18.9 Å². The maximum Gasteiger partial charge on any atom is 0.119 e. The fraction of sp³-hybridized carbons (Fsp3) is 0.348. The minimum absolute atomic E-state index is 0.280. The van der Waals surface area contributed by atoms with Gasteiger partial charge in [-0.1, -0.05) is 56.1 Å². The molecule has 2 aromatic rings. The van der Waals surface area contributed by atoms with Gasteiger partial charge in [-0.3, -0.25) is 4.99 Å². The number of halogens is 2. The monoisotopic (exact) mass is 401 g/mol. The van der Waals surface area contributed by atoms with Crippen LogP contribution >= 0.6 is 23.2 Å². The van der Waals surface area contributed by atoms with Crippen LogP contribution in [0, 0.1) is 5.41 Å². The maximum atomic E-state index is 6.26. The van der Waals surface area contributed by atoms with Gasteiger partial charge in [0.05, 0.1) is 12.3 Å². The fourth-order valence-corrected chi connectivity index (χ4v) is 3.39. The first-order valence-electron chi connectivity index (χ1n) is 9.25. The molecule has 0 saturated heterocycles. The molecular weight excluding hydrogens is 377 g/mol. The van der Waals surface area contributed by atoms with Crippen molar-refractivity contribution in [1.29, 1.82) is 0 Å². The van der Waals surface area contributed by atoms with Crippen molar-refractivity contribution in [3.63, 3.8) is 0 Å². The highest BCUT2D eigenvalue weighted by Crippen LogP contribution is 2.26. The standard InChI is InChI=1S/C23H25Cl2NO/c1-23(2,3)11-13-27-19-7-8-20-17(14-19)10-12-26-22(20)9-5-16-4-6-18(24)15-21(16)25/h4-9,14-15H,10-13H2,1-3H3. The average molecular weight is 402 g/mol. The molecule has 0 aliphatic carbocycles. The van der Waals surface area contributed by atoms with Crippen LogP contribution in [0.5, 0.6) is 5.75 Å². The van der Waals surface area contributed by atoms with E-state index in [9.17, 15) is 0 Å². The topological polar surface area (TPSA) is 21.6 Å². The Morgan fingerprint density at radius 3 is 2.63 bits per heavy atom. The van der Waals surface area contributed by atoms with E-state index < -0.39 is 0 Å². The van der Waals surface area contributed by atoms with E-state index in [1.54, 1.807) is 6.07 Å². The summed E-state index contributed by atoms with van der Waals surface area (Å²) >= 11 is 12.2. The summed E-state index contributed by atoms with van der Waals surface area (Å²) in [5.41, 5.74) is 4.62. The third-order valence-corrected chi connectivity index (χ3v) is 5.08. The SMILES string of the molecule is CC(C)(C)CCOc1ccc2c(c1)CCN=C2C=Cc1ccc(Cl)cc1Cl. The van der Waals surface area contributed by atoms with Crippen molar-refractivity contribution in [3.05, 3.63) is 69.2 Å². The Labute approximate surface area is 171 Å². The van der Waals surface area contributed by atoms with Gasteiger partial charge in [-0.15, -0.1) is 0 Å². The predicted octanol–water partition coefficient (Wildman–Crippen LogP) is 6.87. The molecule has 0 aromatic heterocycles.